The number of nitrogens with two attached hydrogens (primary N) is 1. The quantitative estimate of drug-likeness (QED) is 0.688. The first-order chi connectivity index (χ1) is 8.52. The van der Waals surface area contributed by atoms with Crippen LogP contribution in [0, 0.1) is 0 Å². The van der Waals surface area contributed by atoms with Gasteiger partial charge in [0.1, 0.15) is 0 Å². The van der Waals surface area contributed by atoms with E-state index in [9.17, 15) is 9.59 Å². The molecule has 96 valence electrons. The highest BCUT2D eigenvalue weighted by Gasteiger charge is 2.10. The van der Waals surface area contributed by atoms with Gasteiger partial charge in [-0.2, -0.15) is 0 Å². The van der Waals surface area contributed by atoms with Gasteiger partial charge in [0.05, 0.1) is 6.04 Å². The standard InChI is InChI=1S/C13H16N2O3/c1-2-11(14)13(18)15-10-5-3-4-9(8-10)6-7-12(16)17/h3-8,11H,2,14H2,1H3,(H,15,18)(H,16,17)/b7-6+. The zero-order valence-electron chi connectivity index (χ0n) is 10.1. The number of carbonyl (C=O) groups excluding carboxylic acids is 1. The van der Waals surface area contributed by atoms with Gasteiger partial charge in [0.2, 0.25) is 5.91 Å². The number of anilines is 1. The maximum atomic E-state index is 11.6. The summed E-state index contributed by atoms with van der Waals surface area (Å²) in [4.78, 5) is 22.0. The molecule has 5 heteroatoms. The minimum atomic E-state index is -1.02. The Balaban J connectivity index is 2.76. The molecule has 1 rings (SSSR count). The monoisotopic (exact) mass is 248 g/mol. The van der Waals surface area contributed by atoms with Crippen molar-refractivity contribution in [1.29, 1.82) is 0 Å². The lowest BCUT2D eigenvalue weighted by Gasteiger charge is -2.10. The predicted molar refractivity (Wildman–Crippen MR) is 70.0 cm³/mol. The van der Waals surface area contributed by atoms with Crippen LogP contribution >= 0.6 is 0 Å². The largest absolute Gasteiger partial charge is 0.478 e. The molecule has 0 aliphatic heterocycles. The Bertz CT molecular complexity index is 469. The number of nitrogens with one attached hydrogen (secondary N) is 1. The van der Waals surface area contributed by atoms with Gasteiger partial charge in [-0.15, -0.1) is 0 Å². The molecule has 0 fully saturated rings. The molecule has 1 amide bonds. The van der Waals surface area contributed by atoms with Crippen LogP contribution in [0.5, 0.6) is 0 Å². The lowest BCUT2D eigenvalue weighted by Crippen LogP contribution is -2.34. The van der Waals surface area contributed by atoms with Gasteiger partial charge in [0.25, 0.3) is 0 Å². The predicted octanol–water partition coefficient (Wildman–Crippen LogP) is 1.46. The van der Waals surface area contributed by atoms with E-state index in [0.29, 0.717) is 17.7 Å². The summed E-state index contributed by atoms with van der Waals surface area (Å²) in [6.45, 7) is 1.83. The summed E-state index contributed by atoms with van der Waals surface area (Å²) in [5.41, 5.74) is 6.89. The molecule has 0 spiro atoms. The number of carbonyl (C=O) groups is 2. The van der Waals surface area contributed by atoms with E-state index >= 15 is 0 Å². The van der Waals surface area contributed by atoms with Crippen LogP contribution in [-0.4, -0.2) is 23.0 Å². The molecule has 1 aromatic rings. The lowest BCUT2D eigenvalue weighted by atomic mass is 10.1. The Hall–Kier alpha value is -2.14. The van der Waals surface area contributed by atoms with Crippen molar-refractivity contribution in [3.05, 3.63) is 35.9 Å². The molecular formula is C13H16N2O3. The minimum Gasteiger partial charge on any atom is -0.478 e. The van der Waals surface area contributed by atoms with E-state index in [1.807, 2.05) is 6.92 Å². The molecule has 0 aliphatic rings. The van der Waals surface area contributed by atoms with Crippen molar-refractivity contribution < 1.29 is 14.7 Å². The number of rotatable bonds is 5. The van der Waals surface area contributed by atoms with Gasteiger partial charge in [-0.3, -0.25) is 4.79 Å². The highest BCUT2D eigenvalue weighted by atomic mass is 16.4. The zero-order valence-corrected chi connectivity index (χ0v) is 10.1. The summed E-state index contributed by atoms with van der Waals surface area (Å²) in [7, 11) is 0. The van der Waals surface area contributed by atoms with Crippen molar-refractivity contribution >= 4 is 23.6 Å². The molecular weight excluding hydrogens is 232 g/mol. The van der Waals surface area contributed by atoms with Crippen molar-refractivity contribution in [2.75, 3.05) is 5.32 Å². The van der Waals surface area contributed by atoms with E-state index in [4.69, 9.17) is 10.8 Å². The van der Waals surface area contributed by atoms with Crippen LogP contribution < -0.4 is 11.1 Å². The third-order valence-corrected chi connectivity index (χ3v) is 2.35. The molecule has 1 atom stereocenters. The van der Waals surface area contributed by atoms with Crippen LogP contribution in [0.3, 0.4) is 0 Å². The molecule has 0 saturated carbocycles. The number of carboxylic acid groups (broad SMARTS) is 1. The summed E-state index contributed by atoms with van der Waals surface area (Å²) in [6.07, 6.45) is 3.06. The van der Waals surface area contributed by atoms with E-state index in [2.05, 4.69) is 5.32 Å². The Morgan fingerprint density at radius 2 is 2.22 bits per heavy atom. The summed E-state index contributed by atoms with van der Waals surface area (Å²) in [6, 6.07) is 6.34. The fraction of sp³-hybridized carbons (Fsp3) is 0.231. The molecule has 5 nitrogen and oxygen atoms in total. The van der Waals surface area contributed by atoms with E-state index < -0.39 is 12.0 Å². The second-order valence-corrected chi connectivity index (χ2v) is 3.80. The third kappa shape index (κ3) is 4.39. The molecule has 4 N–H and O–H groups in total. The average molecular weight is 248 g/mol. The summed E-state index contributed by atoms with van der Waals surface area (Å²) < 4.78 is 0. The van der Waals surface area contributed by atoms with Crippen LogP contribution in [0.1, 0.15) is 18.9 Å². The van der Waals surface area contributed by atoms with Crippen molar-refractivity contribution in [3.63, 3.8) is 0 Å². The first-order valence-corrected chi connectivity index (χ1v) is 5.60. The molecule has 0 saturated heterocycles. The second-order valence-electron chi connectivity index (χ2n) is 3.80. The molecule has 18 heavy (non-hydrogen) atoms. The normalized spacial score (nSPS) is 12.3. The third-order valence-electron chi connectivity index (χ3n) is 2.35. The molecule has 0 radical (unpaired) electrons. The summed E-state index contributed by atoms with van der Waals surface area (Å²) in [5, 5.41) is 11.2. The smallest absolute Gasteiger partial charge is 0.328 e. The van der Waals surface area contributed by atoms with Crippen molar-refractivity contribution in [2.24, 2.45) is 5.73 Å². The maximum absolute atomic E-state index is 11.6. The van der Waals surface area contributed by atoms with Gasteiger partial charge in [-0.1, -0.05) is 19.1 Å². The number of benzene rings is 1. The van der Waals surface area contributed by atoms with Gasteiger partial charge in [-0.25, -0.2) is 4.79 Å². The van der Waals surface area contributed by atoms with E-state index in [0.717, 1.165) is 6.08 Å². The molecule has 1 unspecified atom stereocenters. The number of carboxylic acids is 1. The Morgan fingerprint density at radius 1 is 1.50 bits per heavy atom. The van der Waals surface area contributed by atoms with Crippen molar-refractivity contribution in [1.82, 2.24) is 0 Å². The molecule has 0 aromatic heterocycles. The Morgan fingerprint density at radius 3 is 2.83 bits per heavy atom. The topological polar surface area (TPSA) is 92.4 Å². The van der Waals surface area contributed by atoms with Crippen molar-refractivity contribution in [2.45, 2.75) is 19.4 Å². The van der Waals surface area contributed by atoms with Crippen LogP contribution in [0.25, 0.3) is 6.08 Å². The first-order valence-electron chi connectivity index (χ1n) is 5.60. The van der Waals surface area contributed by atoms with Gasteiger partial charge >= 0.3 is 5.97 Å². The lowest BCUT2D eigenvalue weighted by molar-refractivity contribution is -0.131. The Labute approximate surface area is 105 Å². The van der Waals surface area contributed by atoms with Gasteiger partial charge in [0, 0.05) is 11.8 Å². The maximum Gasteiger partial charge on any atom is 0.328 e. The second kappa shape index (κ2) is 6.56. The van der Waals surface area contributed by atoms with E-state index in [1.165, 1.54) is 6.08 Å². The Kier molecular flexibility index (Phi) is 5.07. The van der Waals surface area contributed by atoms with Gasteiger partial charge in [-0.05, 0) is 30.2 Å². The highest BCUT2D eigenvalue weighted by molar-refractivity contribution is 5.95. The van der Waals surface area contributed by atoms with Gasteiger partial charge in [0.15, 0.2) is 0 Å². The van der Waals surface area contributed by atoms with Gasteiger partial charge < -0.3 is 16.2 Å². The first kappa shape index (κ1) is 13.9. The molecule has 0 bridgehead atoms. The fourth-order valence-corrected chi connectivity index (χ4v) is 1.31. The molecule has 0 heterocycles. The molecule has 0 aliphatic carbocycles. The van der Waals surface area contributed by atoms with Crippen LogP contribution in [-0.2, 0) is 9.59 Å². The van der Waals surface area contributed by atoms with E-state index in [1.54, 1.807) is 24.3 Å². The number of hydrogen-bond donors (Lipinski definition) is 3. The van der Waals surface area contributed by atoms with Crippen LogP contribution in [0.15, 0.2) is 30.3 Å². The fourth-order valence-electron chi connectivity index (χ4n) is 1.31. The number of aliphatic carboxylic acids is 1. The van der Waals surface area contributed by atoms with Crippen LogP contribution in [0.4, 0.5) is 5.69 Å². The average Bonchev–Trinajstić information content (AvgIpc) is 2.35. The minimum absolute atomic E-state index is 0.253. The highest BCUT2D eigenvalue weighted by Crippen LogP contribution is 2.12. The number of amides is 1. The van der Waals surface area contributed by atoms with E-state index in [-0.39, 0.29) is 5.91 Å². The number of hydrogen-bond acceptors (Lipinski definition) is 3. The summed E-state index contributed by atoms with van der Waals surface area (Å²) in [5.74, 6) is -1.27. The molecule has 1 aromatic carbocycles. The SMILES string of the molecule is CCC(N)C(=O)Nc1cccc(/C=C/C(=O)O)c1. The summed E-state index contributed by atoms with van der Waals surface area (Å²) >= 11 is 0. The zero-order chi connectivity index (χ0) is 13.5. The van der Waals surface area contributed by atoms with Crippen LogP contribution in [0.2, 0.25) is 0 Å². The van der Waals surface area contributed by atoms with Crippen molar-refractivity contribution in [3.8, 4) is 0 Å².